The maximum absolute atomic E-state index is 14.0. The molecular weight excluding hydrogens is 468 g/mol. The summed E-state index contributed by atoms with van der Waals surface area (Å²) >= 11 is 0. The molecule has 0 fully saturated rings. The van der Waals surface area contributed by atoms with Gasteiger partial charge < -0.3 is 20.5 Å². The number of fused-ring (bicyclic) bond motifs is 1. The van der Waals surface area contributed by atoms with Crippen molar-refractivity contribution in [1.29, 1.82) is 0 Å². The number of amides is 1. The van der Waals surface area contributed by atoms with Gasteiger partial charge in [0.15, 0.2) is 0 Å². The molecule has 0 bridgehead atoms. The highest BCUT2D eigenvalue weighted by molar-refractivity contribution is 7.92. The lowest BCUT2D eigenvalue weighted by Crippen LogP contribution is -2.45. The Morgan fingerprint density at radius 3 is 2.53 bits per heavy atom. The number of sulfonamides is 1. The average molecular weight is 490 g/mol. The molecule has 1 heterocycles. The van der Waals surface area contributed by atoms with Crippen molar-refractivity contribution in [3.8, 4) is 5.75 Å². The number of rotatable bonds is 6. The number of nitrogens with one attached hydrogen (secondary N) is 1. The van der Waals surface area contributed by atoms with Gasteiger partial charge in [0, 0.05) is 18.5 Å². The molecule has 3 aromatic rings. The number of anilines is 3. The highest BCUT2D eigenvalue weighted by atomic mass is 32.2. The van der Waals surface area contributed by atoms with Gasteiger partial charge in [0.2, 0.25) is 0 Å². The summed E-state index contributed by atoms with van der Waals surface area (Å²) in [4.78, 5) is 12.5. The highest BCUT2D eigenvalue weighted by Crippen LogP contribution is 2.39. The van der Waals surface area contributed by atoms with Gasteiger partial charge in [-0.15, -0.1) is 0 Å². The molecule has 0 spiro atoms. The molecule has 1 amide bonds. The zero-order chi connectivity index (χ0) is 24.5. The number of benzene rings is 3. The normalized spacial score (nSPS) is 15.4. The van der Waals surface area contributed by atoms with Crippen LogP contribution in [0.3, 0.4) is 0 Å². The third-order valence-corrected chi connectivity index (χ3v) is 6.91. The van der Waals surface area contributed by atoms with Gasteiger partial charge >= 0.3 is 0 Å². The SMILES string of the molecule is COCC1CN(S(=O)(=O)c2cccc(N)c2)c2cc(NC(=O)c3c(F)cccc3F)ccc2O1. The van der Waals surface area contributed by atoms with Crippen LogP contribution in [-0.4, -0.2) is 40.7 Å². The molecule has 178 valence electrons. The molecule has 1 unspecified atom stereocenters. The van der Waals surface area contributed by atoms with Crippen molar-refractivity contribution in [2.75, 3.05) is 35.6 Å². The second kappa shape index (κ2) is 9.27. The molecule has 1 atom stereocenters. The molecule has 1 aliphatic rings. The summed E-state index contributed by atoms with van der Waals surface area (Å²) < 4.78 is 67.1. The minimum absolute atomic E-state index is 0.0283. The van der Waals surface area contributed by atoms with Gasteiger partial charge in [-0.1, -0.05) is 12.1 Å². The predicted molar refractivity (Wildman–Crippen MR) is 122 cm³/mol. The van der Waals surface area contributed by atoms with Gasteiger partial charge in [-0.2, -0.15) is 0 Å². The number of methoxy groups -OCH3 is 1. The van der Waals surface area contributed by atoms with Crippen LogP contribution in [-0.2, 0) is 14.8 Å². The van der Waals surface area contributed by atoms with Crippen molar-refractivity contribution >= 4 is 33.0 Å². The topological polar surface area (TPSA) is 111 Å². The van der Waals surface area contributed by atoms with Crippen LogP contribution < -0.4 is 20.1 Å². The molecule has 1 aliphatic heterocycles. The van der Waals surface area contributed by atoms with E-state index in [0.29, 0.717) is 0 Å². The first-order chi connectivity index (χ1) is 16.2. The fourth-order valence-corrected chi connectivity index (χ4v) is 5.15. The van der Waals surface area contributed by atoms with Gasteiger partial charge in [0.05, 0.1) is 23.7 Å². The summed E-state index contributed by atoms with van der Waals surface area (Å²) in [5.74, 6) is -2.83. The van der Waals surface area contributed by atoms with Gasteiger partial charge in [-0.3, -0.25) is 9.10 Å². The Morgan fingerprint density at radius 2 is 1.85 bits per heavy atom. The lowest BCUT2D eigenvalue weighted by atomic mass is 10.1. The molecule has 34 heavy (non-hydrogen) atoms. The fraction of sp³-hybridized carbons (Fsp3) is 0.174. The molecule has 3 aromatic carbocycles. The molecule has 0 aromatic heterocycles. The van der Waals surface area contributed by atoms with Gasteiger partial charge in [-0.05, 0) is 48.5 Å². The molecule has 0 saturated heterocycles. The van der Waals surface area contributed by atoms with E-state index in [2.05, 4.69) is 5.32 Å². The number of halogens is 2. The molecule has 11 heteroatoms. The standard InChI is InChI=1S/C23H21F2N3O5S/c1-32-13-16-12-28(34(30,31)17-5-2-4-14(26)10-17)20-11-15(8-9-21(20)33-16)27-23(29)22-18(24)6-3-7-19(22)25/h2-11,16H,12-13,26H2,1H3,(H,27,29). The van der Waals surface area contributed by atoms with Crippen molar-refractivity contribution in [1.82, 2.24) is 0 Å². The van der Waals surface area contributed by atoms with E-state index >= 15 is 0 Å². The Labute approximate surface area is 194 Å². The summed E-state index contributed by atoms with van der Waals surface area (Å²) in [5.41, 5.74) is 5.56. The lowest BCUT2D eigenvalue weighted by molar-refractivity contribution is 0.0820. The van der Waals surface area contributed by atoms with Crippen molar-refractivity contribution in [2.24, 2.45) is 0 Å². The van der Waals surface area contributed by atoms with Crippen LogP contribution in [0.15, 0.2) is 65.6 Å². The van der Waals surface area contributed by atoms with Crippen molar-refractivity contribution < 1.29 is 31.5 Å². The number of nitrogens with zero attached hydrogens (tertiary/aromatic N) is 1. The van der Waals surface area contributed by atoms with Crippen LogP contribution in [0.25, 0.3) is 0 Å². The first kappa shape index (κ1) is 23.5. The van der Waals surface area contributed by atoms with Gasteiger partial charge in [-0.25, -0.2) is 17.2 Å². The Balaban J connectivity index is 1.73. The van der Waals surface area contributed by atoms with Crippen LogP contribution in [0.5, 0.6) is 5.75 Å². The van der Waals surface area contributed by atoms with E-state index in [-0.39, 0.29) is 40.9 Å². The van der Waals surface area contributed by atoms with Crippen molar-refractivity contribution in [3.05, 3.63) is 77.9 Å². The monoisotopic (exact) mass is 489 g/mol. The van der Waals surface area contributed by atoms with E-state index in [1.807, 2.05) is 0 Å². The number of nitrogen functional groups attached to an aromatic ring is 1. The zero-order valence-corrected chi connectivity index (χ0v) is 18.8. The predicted octanol–water partition coefficient (Wildman–Crippen LogP) is 3.40. The molecule has 0 radical (unpaired) electrons. The van der Waals surface area contributed by atoms with Gasteiger partial charge in [0.25, 0.3) is 15.9 Å². The van der Waals surface area contributed by atoms with Crippen LogP contribution in [0.2, 0.25) is 0 Å². The average Bonchev–Trinajstić information content (AvgIpc) is 2.79. The Bertz CT molecular complexity index is 1330. The highest BCUT2D eigenvalue weighted by Gasteiger charge is 2.35. The molecule has 0 aliphatic carbocycles. The lowest BCUT2D eigenvalue weighted by Gasteiger charge is -2.35. The van der Waals surface area contributed by atoms with E-state index in [4.69, 9.17) is 15.2 Å². The van der Waals surface area contributed by atoms with E-state index in [9.17, 15) is 22.0 Å². The van der Waals surface area contributed by atoms with Crippen LogP contribution >= 0.6 is 0 Å². The van der Waals surface area contributed by atoms with E-state index in [0.717, 1.165) is 22.5 Å². The quantitative estimate of drug-likeness (QED) is 0.514. The summed E-state index contributed by atoms with van der Waals surface area (Å²) in [6.07, 6.45) is -0.596. The third-order valence-electron chi connectivity index (χ3n) is 5.14. The largest absolute Gasteiger partial charge is 0.484 e. The number of hydrogen-bond acceptors (Lipinski definition) is 6. The number of carbonyl (C=O) groups excluding carboxylic acids is 1. The Kier molecular flexibility index (Phi) is 6.40. The van der Waals surface area contributed by atoms with E-state index in [1.54, 1.807) is 6.07 Å². The number of nitrogens with two attached hydrogens (primary N) is 1. The van der Waals surface area contributed by atoms with E-state index < -0.39 is 39.2 Å². The summed E-state index contributed by atoms with van der Waals surface area (Å²) in [5, 5.41) is 2.41. The third kappa shape index (κ3) is 4.52. The van der Waals surface area contributed by atoms with Gasteiger partial charge in [0.1, 0.15) is 29.1 Å². The smallest absolute Gasteiger partial charge is 0.264 e. The molecule has 8 nitrogen and oxygen atoms in total. The van der Waals surface area contributed by atoms with Crippen LogP contribution in [0.4, 0.5) is 25.8 Å². The van der Waals surface area contributed by atoms with Crippen molar-refractivity contribution in [2.45, 2.75) is 11.0 Å². The second-order valence-corrected chi connectivity index (χ2v) is 9.40. The van der Waals surface area contributed by atoms with Crippen LogP contribution in [0, 0.1) is 11.6 Å². The Morgan fingerprint density at radius 1 is 1.15 bits per heavy atom. The molecule has 4 rings (SSSR count). The van der Waals surface area contributed by atoms with E-state index in [1.165, 1.54) is 43.5 Å². The molecular formula is C23H21F2N3O5S. The minimum Gasteiger partial charge on any atom is -0.484 e. The maximum Gasteiger partial charge on any atom is 0.264 e. The number of ether oxygens (including phenoxy) is 2. The zero-order valence-electron chi connectivity index (χ0n) is 18.0. The minimum atomic E-state index is -4.07. The first-order valence-electron chi connectivity index (χ1n) is 10.1. The molecule has 0 saturated carbocycles. The fourth-order valence-electron chi connectivity index (χ4n) is 3.60. The first-order valence-corrected chi connectivity index (χ1v) is 11.6. The van der Waals surface area contributed by atoms with Crippen molar-refractivity contribution in [3.63, 3.8) is 0 Å². The second-order valence-electron chi connectivity index (χ2n) is 7.54. The Hall–Kier alpha value is -3.70. The number of carbonyl (C=O) groups is 1. The number of hydrogen-bond donors (Lipinski definition) is 2. The summed E-state index contributed by atoms with van der Waals surface area (Å²) in [6, 6.07) is 13.2. The summed E-state index contributed by atoms with van der Waals surface area (Å²) in [7, 11) is -2.61. The van der Waals surface area contributed by atoms with Crippen LogP contribution in [0.1, 0.15) is 10.4 Å². The molecule has 3 N–H and O–H groups in total. The summed E-state index contributed by atoms with van der Waals surface area (Å²) in [6.45, 7) is 0.0603. The maximum atomic E-state index is 14.0.